The van der Waals surface area contributed by atoms with Gasteiger partial charge in [-0.05, 0) is 31.5 Å². The molecule has 1 heterocycles. The fourth-order valence-electron chi connectivity index (χ4n) is 2.85. The smallest absolute Gasteiger partial charge is 0.209 e. The standard InChI is InChI=1S/C16H23N2O.W/c1-4-17-12-15(11-14-9-7-6-8-10-14)18(5-2)16(19)13(17)3;/h6-10,13,15H,3-5,11-12H2,1-2H3;/q-1;. The van der Waals surface area contributed by atoms with Crippen LogP contribution >= 0.6 is 0 Å². The minimum Gasteiger partial charge on any atom is -0.339 e. The summed E-state index contributed by atoms with van der Waals surface area (Å²) in [5.74, 6) is 0.163. The van der Waals surface area contributed by atoms with E-state index in [-0.39, 0.29) is 39.1 Å². The number of amides is 1. The molecule has 110 valence electrons. The summed E-state index contributed by atoms with van der Waals surface area (Å²) >= 11 is 0. The molecule has 1 aromatic carbocycles. The molecular formula is C16H23N2OW-. The zero-order valence-corrected chi connectivity index (χ0v) is 15.2. The average molecular weight is 443 g/mol. The molecule has 0 spiro atoms. The van der Waals surface area contributed by atoms with Crippen molar-refractivity contribution in [3.05, 3.63) is 42.8 Å². The SMILES string of the molecule is [CH2-]C1C(=O)N(CC)C(Cc2ccccc2)CN1CC.[W]. The molecule has 0 aromatic heterocycles. The largest absolute Gasteiger partial charge is 0.339 e. The van der Waals surface area contributed by atoms with Gasteiger partial charge in [0.05, 0.1) is 0 Å². The average Bonchev–Trinajstić information content (AvgIpc) is 2.44. The van der Waals surface area contributed by atoms with Gasteiger partial charge in [0.25, 0.3) is 0 Å². The molecule has 1 amide bonds. The van der Waals surface area contributed by atoms with Gasteiger partial charge in [0.15, 0.2) is 0 Å². The molecule has 1 aliphatic heterocycles. The van der Waals surface area contributed by atoms with E-state index in [1.807, 2.05) is 17.9 Å². The maximum atomic E-state index is 12.3. The zero-order chi connectivity index (χ0) is 13.8. The van der Waals surface area contributed by atoms with Crippen LogP contribution in [-0.4, -0.2) is 47.4 Å². The molecule has 0 bridgehead atoms. The van der Waals surface area contributed by atoms with Gasteiger partial charge in [-0.2, -0.15) is 0 Å². The van der Waals surface area contributed by atoms with Crippen LogP contribution in [0.4, 0.5) is 0 Å². The molecule has 0 aliphatic carbocycles. The minimum atomic E-state index is -0.225. The zero-order valence-electron chi connectivity index (χ0n) is 12.3. The number of benzene rings is 1. The van der Waals surface area contributed by atoms with E-state index in [4.69, 9.17) is 0 Å². The summed E-state index contributed by atoms with van der Waals surface area (Å²) in [5.41, 5.74) is 1.29. The molecule has 0 saturated carbocycles. The fraction of sp³-hybridized carbons (Fsp3) is 0.500. The Hall–Kier alpha value is -0.662. The number of carbonyl (C=O) groups is 1. The molecule has 1 aliphatic rings. The number of piperazine rings is 1. The molecule has 2 unspecified atom stereocenters. The monoisotopic (exact) mass is 443 g/mol. The molecule has 0 N–H and O–H groups in total. The van der Waals surface area contributed by atoms with Gasteiger partial charge >= 0.3 is 0 Å². The van der Waals surface area contributed by atoms with Crippen LogP contribution in [0, 0.1) is 6.92 Å². The first-order valence-electron chi connectivity index (χ1n) is 7.08. The molecule has 4 heteroatoms. The quantitative estimate of drug-likeness (QED) is 0.665. The van der Waals surface area contributed by atoms with E-state index in [0.717, 1.165) is 26.1 Å². The summed E-state index contributed by atoms with van der Waals surface area (Å²) in [6, 6.07) is 10.4. The van der Waals surface area contributed by atoms with Crippen molar-refractivity contribution in [3.8, 4) is 0 Å². The van der Waals surface area contributed by atoms with Crippen LogP contribution in [0.2, 0.25) is 0 Å². The third-order valence-electron chi connectivity index (χ3n) is 3.96. The van der Waals surface area contributed by atoms with Crippen molar-refractivity contribution < 1.29 is 25.9 Å². The topological polar surface area (TPSA) is 23.6 Å². The van der Waals surface area contributed by atoms with Crippen LogP contribution in [0.1, 0.15) is 19.4 Å². The summed E-state index contributed by atoms with van der Waals surface area (Å²) in [4.78, 5) is 16.5. The second-order valence-corrected chi connectivity index (χ2v) is 5.07. The maximum absolute atomic E-state index is 12.3. The number of nitrogens with zero attached hydrogens (tertiary/aromatic N) is 2. The Balaban J connectivity index is 0.00000200. The molecule has 1 saturated heterocycles. The van der Waals surface area contributed by atoms with Crippen molar-refractivity contribution in [1.29, 1.82) is 0 Å². The van der Waals surface area contributed by atoms with Crippen LogP contribution in [0.3, 0.4) is 0 Å². The molecule has 20 heavy (non-hydrogen) atoms. The van der Waals surface area contributed by atoms with Crippen molar-refractivity contribution in [2.24, 2.45) is 0 Å². The van der Waals surface area contributed by atoms with E-state index in [9.17, 15) is 4.79 Å². The Bertz CT molecular complexity index is 424. The number of rotatable bonds is 4. The van der Waals surface area contributed by atoms with Crippen molar-refractivity contribution in [3.63, 3.8) is 0 Å². The second kappa shape index (κ2) is 7.95. The van der Waals surface area contributed by atoms with Gasteiger partial charge < -0.3 is 16.7 Å². The van der Waals surface area contributed by atoms with Crippen LogP contribution in [0.5, 0.6) is 0 Å². The molecule has 1 fully saturated rings. The van der Waals surface area contributed by atoms with Crippen LogP contribution in [0.15, 0.2) is 30.3 Å². The molecule has 0 radical (unpaired) electrons. The molecule has 2 atom stereocenters. The molecule has 2 rings (SSSR count). The predicted molar refractivity (Wildman–Crippen MR) is 77.7 cm³/mol. The van der Waals surface area contributed by atoms with Crippen molar-refractivity contribution in [1.82, 2.24) is 9.80 Å². The first-order valence-corrected chi connectivity index (χ1v) is 7.08. The number of hydrogen-bond donors (Lipinski definition) is 0. The van der Waals surface area contributed by atoms with Gasteiger partial charge in [0, 0.05) is 40.2 Å². The van der Waals surface area contributed by atoms with Crippen molar-refractivity contribution in [2.45, 2.75) is 32.4 Å². The third kappa shape index (κ3) is 3.71. The second-order valence-electron chi connectivity index (χ2n) is 5.07. The number of likely N-dealkylation sites (N-methyl/N-ethyl adjacent to an activating group) is 2. The normalized spacial score (nSPS) is 23.6. The van der Waals surface area contributed by atoms with Crippen molar-refractivity contribution >= 4 is 5.91 Å². The van der Waals surface area contributed by atoms with E-state index in [0.29, 0.717) is 0 Å². The van der Waals surface area contributed by atoms with Gasteiger partial charge in [-0.25, -0.2) is 0 Å². The Morgan fingerprint density at radius 1 is 1.20 bits per heavy atom. The van der Waals surface area contributed by atoms with E-state index < -0.39 is 0 Å². The molecule has 3 nitrogen and oxygen atoms in total. The summed E-state index contributed by atoms with van der Waals surface area (Å²) in [6.45, 7) is 10.7. The summed E-state index contributed by atoms with van der Waals surface area (Å²) in [6.07, 6.45) is 0.920. The predicted octanol–water partition coefficient (Wildman–Crippen LogP) is 1.98. The Labute approximate surface area is 136 Å². The molecular weight excluding hydrogens is 420 g/mol. The maximum Gasteiger partial charge on any atom is 0.209 e. The Morgan fingerprint density at radius 2 is 1.85 bits per heavy atom. The van der Waals surface area contributed by atoms with Gasteiger partial charge in [0.2, 0.25) is 5.91 Å². The number of hydrogen-bond acceptors (Lipinski definition) is 2. The van der Waals surface area contributed by atoms with E-state index >= 15 is 0 Å². The summed E-state index contributed by atoms with van der Waals surface area (Å²) in [7, 11) is 0. The van der Waals surface area contributed by atoms with Crippen LogP contribution in [-0.2, 0) is 32.3 Å². The molecule has 1 aromatic rings. The third-order valence-corrected chi connectivity index (χ3v) is 3.96. The van der Waals surface area contributed by atoms with Gasteiger partial charge in [0.1, 0.15) is 0 Å². The Kier molecular flexibility index (Phi) is 6.91. The van der Waals surface area contributed by atoms with Crippen LogP contribution < -0.4 is 0 Å². The first kappa shape index (κ1) is 17.4. The van der Waals surface area contributed by atoms with Gasteiger partial charge in [-0.1, -0.05) is 37.3 Å². The van der Waals surface area contributed by atoms with E-state index in [1.54, 1.807) is 0 Å². The number of carbonyl (C=O) groups excluding carboxylic acids is 1. The van der Waals surface area contributed by atoms with Gasteiger partial charge in [-0.3, -0.25) is 4.79 Å². The van der Waals surface area contributed by atoms with Gasteiger partial charge in [-0.15, -0.1) is 0 Å². The summed E-state index contributed by atoms with van der Waals surface area (Å²) in [5, 5.41) is 0. The van der Waals surface area contributed by atoms with E-state index in [1.165, 1.54) is 5.56 Å². The fourth-order valence-corrected chi connectivity index (χ4v) is 2.85. The first-order chi connectivity index (χ1) is 9.17. The minimum absolute atomic E-state index is 0. The van der Waals surface area contributed by atoms with Crippen molar-refractivity contribution in [2.75, 3.05) is 19.6 Å². The Morgan fingerprint density at radius 3 is 2.40 bits per heavy atom. The van der Waals surface area contributed by atoms with Crippen LogP contribution in [0.25, 0.3) is 0 Å². The summed E-state index contributed by atoms with van der Waals surface area (Å²) < 4.78 is 0. The van der Waals surface area contributed by atoms with E-state index in [2.05, 4.69) is 43.0 Å².